The first-order valence-electron chi connectivity index (χ1n) is 10.1. The van der Waals surface area contributed by atoms with E-state index in [1.54, 1.807) is 6.07 Å². The van der Waals surface area contributed by atoms with Gasteiger partial charge in [0.05, 0.1) is 0 Å². The van der Waals surface area contributed by atoms with Crippen LogP contribution in [0.1, 0.15) is 45.4 Å². The van der Waals surface area contributed by atoms with Gasteiger partial charge >= 0.3 is 0 Å². The van der Waals surface area contributed by atoms with Crippen LogP contribution >= 0.6 is 0 Å². The van der Waals surface area contributed by atoms with Crippen molar-refractivity contribution in [2.24, 2.45) is 0 Å². The monoisotopic (exact) mass is 388 g/mol. The standard InChI is InChI=1S/C25H28N2O2/c1-5-21-13-9-10-17(2)24(21)26-25(29)23-19(4)27(18(3)16-22(23)28)15-14-20-11-7-6-8-12-20/h6-13,16H,5,14-15H2,1-4H3,(H,26,29). The minimum Gasteiger partial charge on any atom is -0.348 e. The van der Waals surface area contributed by atoms with Crippen LogP contribution in [0.25, 0.3) is 0 Å². The molecule has 0 fully saturated rings. The number of pyridine rings is 1. The predicted molar refractivity (Wildman–Crippen MR) is 119 cm³/mol. The molecule has 0 unspecified atom stereocenters. The third-order valence-corrected chi connectivity index (χ3v) is 5.45. The van der Waals surface area contributed by atoms with E-state index < -0.39 is 0 Å². The fourth-order valence-corrected chi connectivity index (χ4v) is 3.80. The van der Waals surface area contributed by atoms with Gasteiger partial charge in [0.2, 0.25) is 0 Å². The van der Waals surface area contributed by atoms with E-state index in [9.17, 15) is 9.59 Å². The van der Waals surface area contributed by atoms with Crippen LogP contribution < -0.4 is 10.7 Å². The van der Waals surface area contributed by atoms with Crippen molar-refractivity contribution < 1.29 is 4.79 Å². The van der Waals surface area contributed by atoms with Gasteiger partial charge in [-0.2, -0.15) is 0 Å². The Bertz CT molecular complexity index is 1080. The average molecular weight is 389 g/mol. The number of amides is 1. The highest BCUT2D eigenvalue weighted by molar-refractivity contribution is 6.05. The minimum absolute atomic E-state index is 0.217. The zero-order chi connectivity index (χ0) is 21.0. The number of benzene rings is 2. The van der Waals surface area contributed by atoms with Gasteiger partial charge in [-0.1, -0.05) is 55.5 Å². The Kier molecular flexibility index (Phi) is 6.32. The summed E-state index contributed by atoms with van der Waals surface area (Å²) in [6.45, 7) is 8.50. The molecule has 3 rings (SSSR count). The fourth-order valence-electron chi connectivity index (χ4n) is 3.80. The number of para-hydroxylation sites is 1. The average Bonchev–Trinajstić information content (AvgIpc) is 2.69. The van der Waals surface area contributed by atoms with Crippen molar-refractivity contribution in [3.63, 3.8) is 0 Å². The SMILES string of the molecule is CCc1cccc(C)c1NC(=O)c1c(C)n(CCc2ccccc2)c(C)cc1=O. The van der Waals surface area contributed by atoms with Crippen molar-refractivity contribution in [3.8, 4) is 0 Å². The quantitative estimate of drug-likeness (QED) is 0.657. The van der Waals surface area contributed by atoms with E-state index in [2.05, 4.69) is 28.9 Å². The molecule has 150 valence electrons. The Balaban J connectivity index is 1.93. The van der Waals surface area contributed by atoms with Gasteiger partial charge in [0.1, 0.15) is 5.56 Å². The number of hydrogen-bond acceptors (Lipinski definition) is 2. The summed E-state index contributed by atoms with van der Waals surface area (Å²) in [4.78, 5) is 25.8. The number of hydrogen-bond donors (Lipinski definition) is 1. The highest BCUT2D eigenvalue weighted by atomic mass is 16.2. The van der Waals surface area contributed by atoms with Crippen LogP contribution in [0.15, 0.2) is 59.4 Å². The van der Waals surface area contributed by atoms with E-state index in [4.69, 9.17) is 0 Å². The van der Waals surface area contributed by atoms with E-state index in [1.165, 1.54) is 5.56 Å². The molecule has 29 heavy (non-hydrogen) atoms. The van der Waals surface area contributed by atoms with Crippen LogP contribution in [-0.2, 0) is 19.4 Å². The summed E-state index contributed by atoms with van der Waals surface area (Å²) in [7, 11) is 0. The Morgan fingerprint density at radius 2 is 1.72 bits per heavy atom. The third kappa shape index (κ3) is 4.48. The Labute approximate surface area is 172 Å². The van der Waals surface area contributed by atoms with Crippen molar-refractivity contribution in [2.75, 3.05) is 5.32 Å². The largest absolute Gasteiger partial charge is 0.348 e. The van der Waals surface area contributed by atoms with Crippen LogP contribution in [-0.4, -0.2) is 10.5 Å². The fraction of sp³-hybridized carbons (Fsp3) is 0.280. The summed E-state index contributed by atoms with van der Waals surface area (Å²) < 4.78 is 2.06. The van der Waals surface area contributed by atoms with Gasteiger partial charge < -0.3 is 9.88 Å². The summed E-state index contributed by atoms with van der Waals surface area (Å²) in [6.07, 6.45) is 1.65. The van der Waals surface area contributed by atoms with E-state index in [0.717, 1.165) is 35.3 Å². The lowest BCUT2D eigenvalue weighted by Crippen LogP contribution is -2.27. The predicted octanol–water partition coefficient (Wildman–Crippen LogP) is 4.83. The van der Waals surface area contributed by atoms with Gasteiger partial charge in [-0.15, -0.1) is 0 Å². The lowest BCUT2D eigenvalue weighted by Gasteiger charge is -2.19. The molecular formula is C25H28N2O2. The summed E-state index contributed by atoms with van der Waals surface area (Å²) in [5, 5.41) is 3.00. The van der Waals surface area contributed by atoms with Gasteiger partial charge in [0.25, 0.3) is 5.91 Å². The molecule has 1 N–H and O–H groups in total. The molecule has 0 bridgehead atoms. The molecule has 4 nitrogen and oxygen atoms in total. The maximum Gasteiger partial charge on any atom is 0.261 e. The van der Waals surface area contributed by atoms with Crippen molar-refractivity contribution in [1.29, 1.82) is 0 Å². The molecule has 1 aromatic heterocycles. The lowest BCUT2D eigenvalue weighted by atomic mass is 10.0. The molecule has 0 saturated carbocycles. The van der Waals surface area contributed by atoms with Crippen LogP contribution in [0.5, 0.6) is 0 Å². The summed E-state index contributed by atoms with van der Waals surface area (Å²) in [5.74, 6) is -0.343. The number of aromatic nitrogens is 1. The Hall–Kier alpha value is -3.14. The number of aryl methyl sites for hydroxylation is 4. The zero-order valence-corrected chi connectivity index (χ0v) is 17.6. The summed E-state index contributed by atoms with van der Waals surface area (Å²) >= 11 is 0. The molecule has 0 radical (unpaired) electrons. The van der Waals surface area contributed by atoms with Crippen molar-refractivity contribution >= 4 is 11.6 Å². The maximum atomic E-state index is 13.1. The van der Waals surface area contributed by atoms with Crippen LogP contribution in [0.2, 0.25) is 0 Å². The topological polar surface area (TPSA) is 51.1 Å². The van der Waals surface area contributed by atoms with Crippen LogP contribution in [0.4, 0.5) is 5.69 Å². The van der Waals surface area contributed by atoms with Crippen LogP contribution in [0.3, 0.4) is 0 Å². The van der Waals surface area contributed by atoms with Gasteiger partial charge in [0, 0.05) is 29.7 Å². The molecule has 0 atom stereocenters. The smallest absolute Gasteiger partial charge is 0.261 e. The summed E-state index contributed by atoms with van der Waals surface area (Å²) in [6, 6.07) is 17.7. The highest BCUT2D eigenvalue weighted by Crippen LogP contribution is 2.22. The van der Waals surface area contributed by atoms with E-state index in [-0.39, 0.29) is 16.9 Å². The summed E-state index contributed by atoms with van der Waals surface area (Å²) in [5.41, 5.74) is 5.63. The molecule has 0 aliphatic carbocycles. The zero-order valence-electron chi connectivity index (χ0n) is 17.6. The molecule has 1 amide bonds. The number of nitrogens with one attached hydrogen (secondary N) is 1. The number of anilines is 1. The number of carbonyl (C=O) groups excluding carboxylic acids is 1. The first kappa shape index (κ1) is 20.6. The van der Waals surface area contributed by atoms with E-state index in [1.807, 2.05) is 57.2 Å². The number of rotatable bonds is 6. The highest BCUT2D eigenvalue weighted by Gasteiger charge is 2.19. The molecule has 1 heterocycles. The lowest BCUT2D eigenvalue weighted by molar-refractivity contribution is 0.102. The van der Waals surface area contributed by atoms with E-state index >= 15 is 0 Å². The molecule has 0 aliphatic heterocycles. The second kappa shape index (κ2) is 8.91. The molecule has 2 aromatic carbocycles. The van der Waals surface area contributed by atoms with Gasteiger partial charge in [-0.3, -0.25) is 9.59 Å². The molecule has 0 spiro atoms. The van der Waals surface area contributed by atoms with Crippen molar-refractivity contribution in [1.82, 2.24) is 4.57 Å². The number of carbonyl (C=O) groups is 1. The molecule has 0 aliphatic rings. The maximum absolute atomic E-state index is 13.1. The first-order chi connectivity index (χ1) is 13.9. The molecule has 0 saturated heterocycles. The second-order valence-electron chi connectivity index (χ2n) is 7.41. The minimum atomic E-state index is -0.343. The Morgan fingerprint density at radius 3 is 2.41 bits per heavy atom. The van der Waals surface area contributed by atoms with Gasteiger partial charge in [-0.05, 0) is 50.3 Å². The molecule has 3 aromatic rings. The van der Waals surface area contributed by atoms with Gasteiger partial charge in [-0.25, -0.2) is 0 Å². The third-order valence-electron chi connectivity index (χ3n) is 5.45. The normalized spacial score (nSPS) is 10.8. The molecular weight excluding hydrogens is 360 g/mol. The Morgan fingerprint density at radius 1 is 1.00 bits per heavy atom. The second-order valence-corrected chi connectivity index (χ2v) is 7.41. The van der Waals surface area contributed by atoms with Gasteiger partial charge in [0.15, 0.2) is 5.43 Å². The van der Waals surface area contributed by atoms with E-state index in [0.29, 0.717) is 12.2 Å². The van der Waals surface area contributed by atoms with Crippen molar-refractivity contribution in [3.05, 3.63) is 98.5 Å². The van der Waals surface area contributed by atoms with Crippen molar-refractivity contribution in [2.45, 2.75) is 47.1 Å². The number of nitrogens with zero attached hydrogens (tertiary/aromatic N) is 1. The van der Waals surface area contributed by atoms with Crippen LogP contribution in [0, 0.1) is 20.8 Å². The first-order valence-corrected chi connectivity index (χ1v) is 10.1. The molecule has 4 heteroatoms.